The van der Waals surface area contributed by atoms with Gasteiger partial charge in [-0.2, -0.15) is 0 Å². The Bertz CT molecular complexity index is 515. The molecule has 3 N–H and O–H groups in total. The lowest BCUT2D eigenvalue weighted by Gasteiger charge is -2.36. The Labute approximate surface area is 128 Å². The van der Waals surface area contributed by atoms with Gasteiger partial charge in [0.2, 0.25) is 5.91 Å². The fourth-order valence-corrected chi connectivity index (χ4v) is 2.55. The Kier molecular flexibility index (Phi) is 5.41. The second-order valence-electron chi connectivity index (χ2n) is 4.97. The first kappa shape index (κ1) is 15.6. The molecule has 1 heterocycles. The lowest BCUT2D eigenvalue weighted by Crippen LogP contribution is -2.47. The molecule has 0 saturated carbocycles. The van der Waals surface area contributed by atoms with Crippen LogP contribution >= 0.6 is 11.6 Å². The van der Waals surface area contributed by atoms with Crippen molar-refractivity contribution in [3.63, 3.8) is 0 Å². The third-order valence-corrected chi connectivity index (χ3v) is 3.70. The molecular weight excluding hydrogens is 292 g/mol. The molecule has 0 spiro atoms. The number of halogens is 1. The van der Waals surface area contributed by atoms with Gasteiger partial charge in [0.05, 0.1) is 0 Å². The van der Waals surface area contributed by atoms with E-state index in [9.17, 15) is 9.59 Å². The van der Waals surface area contributed by atoms with E-state index in [0.717, 1.165) is 36.9 Å². The van der Waals surface area contributed by atoms with Gasteiger partial charge in [-0.15, -0.1) is 0 Å². The van der Waals surface area contributed by atoms with E-state index in [-0.39, 0.29) is 12.3 Å². The first-order valence-corrected chi connectivity index (χ1v) is 7.24. The summed E-state index contributed by atoms with van der Waals surface area (Å²) >= 11 is 6.00. The smallest absolute Gasteiger partial charge is 0.318 e. The fourth-order valence-electron chi connectivity index (χ4n) is 2.36. The molecule has 1 aromatic rings. The number of nitrogens with one attached hydrogen (secondary N) is 1. The first-order chi connectivity index (χ1) is 10.0. The molecule has 0 aliphatic carbocycles. The molecule has 0 radical (unpaired) electrons. The maximum Gasteiger partial charge on any atom is 0.318 e. The van der Waals surface area contributed by atoms with Gasteiger partial charge in [0, 0.05) is 49.9 Å². The lowest BCUT2D eigenvalue weighted by atomic mass is 10.2. The van der Waals surface area contributed by atoms with Crippen molar-refractivity contribution in [3.8, 4) is 0 Å². The SMILES string of the molecule is NC(=O)NC(=O)CCN1CCN(c2cccc(Cl)c2)CC1. The Morgan fingerprint density at radius 3 is 2.57 bits per heavy atom. The number of piperazine rings is 1. The van der Waals surface area contributed by atoms with Crippen LogP contribution in [-0.4, -0.2) is 49.6 Å². The number of urea groups is 1. The molecule has 1 saturated heterocycles. The van der Waals surface area contributed by atoms with E-state index in [0.29, 0.717) is 6.54 Å². The van der Waals surface area contributed by atoms with Crippen molar-refractivity contribution in [2.75, 3.05) is 37.6 Å². The van der Waals surface area contributed by atoms with Gasteiger partial charge >= 0.3 is 6.03 Å². The Balaban J connectivity index is 1.76. The zero-order valence-corrected chi connectivity index (χ0v) is 12.5. The minimum absolute atomic E-state index is 0.278. The second-order valence-corrected chi connectivity index (χ2v) is 5.41. The molecule has 0 bridgehead atoms. The van der Waals surface area contributed by atoms with E-state index in [1.165, 1.54) is 0 Å². The van der Waals surface area contributed by atoms with Crippen LogP contribution in [0.3, 0.4) is 0 Å². The van der Waals surface area contributed by atoms with Crippen molar-refractivity contribution < 1.29 is 9.59 Å². The van der Waals surface area contributed by atoms with Crippen molar-refractivity contribution in [1.29, 1.82) is 0 Å². The number of hydrogen-bond donors (Lipinski definition) is 2. The number of primary amides is 1. The Morgan fingerprint density at radius 1 is 1.24 bits per heavy atom. The highest BCUT2D eigenvalue weighted by Crippen LogP contribution is 2.20. The normalized spacial score (nSPS) is 15.8. The number of anilines is 1. The molecule has 0 unspecified atom stereocenters. The van der Waals surface area contributed by atoms with Crippen LogP contribution in [0.2, 0.25) is 5.02 Å². The highest BCUT2D eigenvalue weighted by atomic mass is 35.5. The molecule has 7 heteroatoms. The van der Waals surface area contributed by atoms with Gasteiger partial charge in [-0.25, -0.2) is 4.79 Å². The molecule has 0 aromatic heterocycles. The van der Waals surface area contributed by atoms with Crippen LogP contribution in [0.4, 0.5) is 10.5 Å². The van der Waals surface area contributed by atoms with Crippen LogP contribution in [0.1, 0.15) is 6.42 Å². The maximum absolute atomic E-state index is 11.4. The maximum atomic E-state index is 11.4. The second kappa shape index (κ2) is 7.28. The number of nitrogens with zero attached hydrogens (tertiary/aromatic N) is 2. The Morgan fingerprint density at radius 2 is 1.95 bits per heavy atom. The van der Waals surface area contributed by atoms with E-state index in [2.05, 4.69) is 15.1 Å². The van der Waals surface area contributed by atoms with E-state index in [1.807, 2.05) is 24.3 Å². The van der Waals surface area contributed by atoms with E-state index in [1.54, 1.807) is 0 Å². The molecule has 6 nitrogen and oxygen atoms in total. The summed E-state index contributed by atoms with van der Waals surface area (Å²) in [6.45, 7) is 4.14. The van der Waals surface area contributed by atoms with Crippen LogP contribution < -0.4 is 16.0 Å². The minimum Gasteiger partial charge on any atom is -0.369 e. The number of hydrogen-bond acceptors (Lipinski definition) is 4. The van der Waals surface area contributed by atoms with Gasteiger partial charge in [-0.1, -0.05) is 17.7 Å². The van der Waals surface area contributed by atoms with Gasteiger partial charge in [0.25, 0.3) is 0 Å². The van der Waals surface area contributed by atoms with Gasteiger partial charge in [0.15, 0.2) is 0 Å². The molecule has 1 fully saturated rings. The topological polar surface area (TPSA) is 78.7 Å². The number of carbonyl (C=O) groups is 2. The summed E-state index contributed by atoms with van der Waals surface area (Å²) in [6.07, 6.45) is 0.278. The van der Waals surface area contributed by atoms with Crippen molar-refractivity contribution >= 4 is 29.2 Å². The minimum atomic E-state index is -0.800. The number of benzene rings is 1. The molecule has 0 atom stereocenters. The summed E-state index contributed by atoms with van der Waals surface area (Å²) < 4.78 is 0. The van der Waals surface area contributed by atoms with Crippen LogP contribution in [0, 0.1) is 0 Å². The van der Waals surface area contributed by atoms with Gasteiger partial charge in [0.1, 0.15) is 0 Å². The molecule has 1 aliphatic rings. The average molecular weight is 311 g/mol. The zero-order valence-electron chi connectivity index (χ0n) is 11.7. The average Bonchev–Trinajstić information content (AvgIpc) is 2.45. The summed E-state index contributed by atoms with van der Waals surface area (Å²) in [5.41, 5.74) is 6.01. The van der Waals surface area contributed by atoms with Crippen molar-refractivity contribution in [1.82, 2.24) is 10.2 Å². The van der Waals surface area contributed by atoms with E-state index >= 15 is 0 Å². The summed E-state index contributed by atoms with van der Waals surface area (Å²) in [6, 6.07) is 7.00. The van der Waals surface area contributed by atoms with E-state index in [4.69, 9.17) is 17.3 Å². The predicted octanol–water partition coefficient (Wildman–Crippen LogP) is 1.05. The van der Waals surface area contributed by atoms with Gasteiger partial charge in [-0.3, -0.25) is 15.0 Å². The van der Waals surface area contributed by atoms with Gasteiger partial charge < -0.3 is 10.6 Å². The number of imide groups is 1. The van der Waals surface area contributed by atoms with Crippen molar-refractivity contribution in [3.05, 3.63) is 29.3 Å². The highest BCUT2D eigenvalue weighted by Gasteiger charge is 2.18. The molecular formula is C14H19ClN4O2. The quantitative estimate of drug-likeness (QED) is 0.871. The molecule has 3 amide bonds. The van der Waals surface area contributed by atoms with Crippen molar-refractivity contribution in [2.24, 2.45) is 5.73 Å². The standard InChI is InChI=1S/C14H19ClN4O2/c15-11-2-1-3-12(10-11)19-8-6-18(7-9-19)5-4-13(20)17-14(16)21/h1-3,10H,4-9H2,(H3,16,17,20,21). The summed E-state index contributed by atoms with van der Waals surface area (Å²) in [7, 11) is 0. The van der Waals surface area contributed by atoms with Crippen molar-refractivity contribution in [2.45, 2.75) is 6.42 Å². The zero-order chi connectivity index (χ0) is 15.2. The Hall–Kier alpha value is -1.79. The van der Waals surface area contributed by atoms with Crippen LogP contribution in [-0.2, 0) is 4.79 Å². The number of rotatable bonds is 4. The number of amides is 3. The molecule has 2 rings (SSSR count). The molecule has 1 aliphatic heterocycles. The molecule has 114 valence electrons. The third kappa shape index (κ3) is 4.91. The summed E-state index contributed by atoms with van der Waals surface area (Å²) in [5.74, 6) is -0.334. The van der Waals surface area contributed by atoms with Crippen LogP contribution in [0.25, 0.3) is 0 Å². The summed E-state index contributed by atoms with van der Waals surface area (Å²) in [5, 5.41) is 2.81. The number of carbonyl (C=O) groups excluding carboxylic acids is 2. The predicted molar refractivity (Wildman–Crippen MR) is 82.4 cm³/mol. The van der Waals surface area contributed by atoms with E-state index < -0.39 is 6.03 Å². The third-order valence-electron chi connectivity index (χ3n) is 3.46. The van der Waals surface area contributed by atoms with Crippen LogP contribution in [0.15, 0.2) is 24.3 Å². The largest absolute Gasteiger partial charge is 0.369 e. The highest BCUT2D eigenvalue weighted by molar-refractivity contribution is 6.30. The number of nitrogens with two attached hydrogens (primary N) is 1. The summed E-state index contributed by atoms with van der Waals surface area (Å²) in [4.78, 5) is 26.4. The molecule has 21 heavy (non-hydrogen) atoms. The monoisotopic (exact) mass is 310 g/mol. The lowest BCUT2D eigenvalue weighted by molar-refractivity contribution is -0.120. The fraction of sp³-hybridized carbons (Fsp3) is 0.429. The molecule has 1 aromatic carbocycles. The van der Waals surface area contributed by atoms with Gasteiger partial charge in [-0.05, 0) is 18.2 Å². The van der Waals surface area contributed by atoms with Crippen LogP contribution in [0.5, 0.6) is 0 Å². The first-order valence-electron chi connectivity index (χ1n) is 6.87.